The zero-order chi connectivity index (χ0) is 25.4. The number of benzene rings is 1. The number of pyridine rings is 1. The molecule has 0 amide bonds. The van der Waals surface area contributed by atoms with Crippen LogP contribution in [0, 0.1) is 0 Å². The van der Waals surface area contributed by atoms with E-state index in [1.807, 2.05) is 0 Å². The summed E-state index contributed by atoms with van der Waals surface area (Å²) in [5.74, 6) is 0.110. The SMILES string of the molecule is Cn1ccc(=O)n(Cc2cc3nccc(-c4cc(Cl)cc(C(F)F)c4O[C@H]4CCCNC4)c3s2)c1=O. The van der Waals surface area contributed by atoms with Crippen LogP contribution >= 0.6 is 22.9 Å². The van der Waals surface area contributed by atoms with Gasteiger partial charge in [-0.1, -0.05) is 11.6 Å². The lowest BCUT2D eigenvalue weighted by Gasteiger charge is -2.27. The Kier molecular flexibility index (Phi) is 6.92. The Labute approximate surface area is 213 Å². The predicted octanol–water partition coefficient (Wildman–Crippen LogP) is 4.59. The third kappa shape index (κ3) is 4.80. The number of ether oxygens (including phenoxy) is 1. The van der Waals surface area contributed by atoms with Crippen LogP contribution in [-0.4, -0.2) is 33.3 Å². The number of nitrogens with zero attached hydrogens (tertiary/aromatic N) is 3. The molecular weight excluding hydrogens is 510 g/mol. The lowest BCUT2D eigenvalue weighted by atomic mass is 10.0. The number of halogens is 3. The molecule has 36 heavy (non-hydrogen) atoms. The molecule has 1 N–H and O–H groups in total. The van der Waals surface area contributed by atoms with Crippen LogP contribution in [0.3, 0.4) is 0 Å². The lowest BCUT2D eigenvalue weighted by Crippen LogP contribution is -2.37. The van der Waals surface area contributed by atoms with Gasteiger partial charge in [0.05, 0.1) is 22.3 Å². The summed E-state index contributed by atoms with van der Waals surface area (Å²) in [6, 6.07) is 7.75. The van der Waals surface area contributed by atoms with Crippen molar-refractivity contribution in [1.82, 2.24) is 19.4 Å². The first-order valence-corrected chi connectivity index (χ1v) is 12.6. The summed E-state index contributed by atoms with van der Waals surface area (Å²) in [6.45, 7) is 1.51. The first-order valence-electron chi connectivity index (χ1n) is 11.4. The maximum atomic E-state index is 14.1. The van der Waals surface area contributed by atoms with E-state index in [2.05, 4.69) is 10.3 Å². The number of alkyl halides is 2. The van der Waals surface area contributed by atoms with Crippen LogP contribution in [-0.2, 0) is 13.6 Å². The summed E-state index contributed by atoms with van der Waals surface area (Å²) in [5, 5.41) is 3.42. The van der Waals surface area contributed by atoms with Gasteiger partial charge in [0.1, 0.15) is 11.9 Å². The molecule has 1 aliphatic heterocycles. The van der Waals surface area contributed by atoms with Crippen LogP contribution < -0.4 is 21.3 Å². The third-order valence-electron chi connectivity index (χ3n) is 6.16. The number of hydrogen-bond donors (Lipinski definition) is 1. The van der Waals surface area contributed by atoms with Gasteiger partial charge in [-0.3, -0.25) is 14.3 Å². The highest BCUT2D eigenvalue weighted by molar-refractivity contribution is 7.19. The molecule has 0 spiro atoms. The highest BCUT2D eigenvalue weighted by Crippen LogP contribution is 2.44. The molecule has 4 heterocycles. The Hall–Kier alpha value is -3.08. The Morgan fingerprint density at radius 1 is 1.25 bits per heavy atom. The first kappa shape index (κ1) is 24.6. The number of hydrogen-bond acceptors (Lipinski definition) is 6. The van der Waals surface area contributed by atoms with Crippen LogP contribution in [0.5, 0.6) is 5.75 Å². The number of nitrogens with one attached hydrogen (secondary N) is 1. The monoisotopic (exact) mass is 532 g/mol. The molecule has 0 bridgehead atoms. The smallest absolute Gasteiger partial charge is 0.331 e. The summed E-state index contributed by atoms with van der Waals surface area (Å²) in [4.78, 5) is 29.9. The molecular formula is C25H23ClF2N4O3S. The van der Waals surface area contributed by atoms with Crippen LogP contribution in [0.4, 0.5) is 8.78 Å². The molecule has 1 aromatic carbocycles. The van der Waals surface area contributed by atoms with Gasteiger partial charge in [-0.05, 0) is 43.7 Å². The van der Waals surface area contributed by atoms with E-state index in [-0.39, 0.29) is 29.0 Å². The Balaban J connectivity index is 1.63. The molecule has 0 aliphatic carbocycles. The van der Waals surface area contributed by atoms with E-state index in [1.165, 1.54) is 34.2 Å². The largest absolute Gasteiger partial charge is 0.488 e. The second kappa shape index (κ2) is 10.1. The van der Waals surface area contributed by atoms with E-state index in [4.69, 9.17) is 16.3 Å². The number of thiophene rings is 1. The van der Waals surface area contributed by atoms with Gasteiger partial charge in [-0.15, -0.1) is 11.3 Å². The van der Waals surface area contributed by atoms with Gasteiger partial charge in [0.25, 0.3) is 12.0 Å². The summed E-state index contributed by atoms with van der Waals surface area (Å²) in [6.07, 6.45) is 1.66. The zero-order valence-corrected chi connectivity index (χ0v) is 20.9. The molecule has 1 saturated heterocycles. The van der Waals surface area contributed by atoms with E-state index in [0.29, 0.717) is 23.2 Å². The predicted molar refractivity (Wildman–Crippen MR) is 137 cm³/mol. The molecule has 0 unspecified atom stereocenters. The van der Waals surface area contributed by atoms with E-state index in [0.717, 1.165) is 33.5 Å². The van der Waals surface area contributed by atoms with Crippen molar-refractivity contribution < 1.29 is 13.5 Å². The minimum Gasteiger partial charge on any atom is -0.488 e. The lowest BCUT2D eigenvalue weighted by molar-refractivity contribution is 0.129. The number of piperidine rings is 1. The second-order valence-corrected chi connectivity index (χ2v) is 10.3. The highest BCUT2D eigenvalue weighted by atomic mass is 35.5. The van der Waals surface area contributed by atoms with E-state index in [9.17, 15) is 18.4 Å². The maximum absolute atomic E-state index is 14.1. The molecule has 1 aliphatic rings. The average molecular weight is 533 g/mol. The first-order chi connectivity index (χ1) is 17.3. The van der Waals surface area contributed by atoms with Crippen molar-refractivity contribution in [1.29, 1.82) is 0 Å². The van der Waals surface area contributed by atoms with Crippen LogP contribution in [0.1, 0.15) is 29.7 Å². The Bertz CT molecular complexity index is 1540. The molecule has 7 nitrogen and oxygen atoms in total. The van der Waals surface area contributed by atoms with Gasteiger partial charge < -0.3 is 14.6 Å². The van der Waals surface area contributed by atoms with Gasteiger partial charge in [0.2, 0.25) is 0 Å². The van der Waals surface area contributed by atoms with Gasteiger partial charge in [0.15, 0.2) is 0 Å². The van der Waals surface area contributed by atoms with E-state index >= 15 is 0 Å². The van der Waals surface area contributed by atoms with Crippen molar-refractivity contribution in [2.75, 3.05) is 13.1 Å². The molecule has 11 heteroatoms. The number of aryl methyl sites for hydroxylation is 1. The fraction of sp³-hybridized carbons (Fsp3) is 0.320. The summed E-state index contributed by atoms with van der Waals surface area (Å²) < 4.78 is 37.6. The molecule has 0 saturated carbocycles. The van der Waals surface area contributed by atoms with Gasteiger partial charge in [0, 0.05) is 53.1 Å². The van der Waals surface area contributed by atoms with Crippen molar-refractivity contribution in [3.63, 3.8) is 0 Å². The summed E-state index contributed by atoms with van der Waals surface area (Å²) >= 11 is 7.63. The molecule has 3 aromatic heterocycles. The van der Waals surface area contributed by atoms with Crippen molar-refractivity contribution in [3.8, 4) is 16.9 Å². The van der Waals surface area contributed by atoms with Crippen LogP contribution in [0.2, 0.25) is 5.02 Å². The molecule has 1 fully saturated rings. The quantitative estimate of drug-likeness (QED) is 0.393. The van der Waals surface area contributed by atoms with Crippen LogP contribution in [0.15, 0.2) is 52.3 Å². The second-order valence-electron chi connectivity index (χ2n) is 8.68. The molecule has 0 radical (unpaired) electrons. The third-order valence-corrected chi connectivity index (χ3v) is 7.52. The van der Waals surface area contributed by atoms with Crippen molar-refractivity contribution in [2.24, 2.45) is 7.05 Å². The topological polar surface area (TPSA) is 78.2 Å². The summed E-state index contributed by atoms with van der Waals surface area (Å²) in [7, 11) is 1.58. The van der Waals surface area contributed by atoms with Crippen molar-refractivity contribution in [3.05, 3.63) is 79.0 Å². The van der Waals surface area contributed by atoms with Crippen LogP contribution in [0.25, 0.3) is 21.3 Å². The van der Waals surface area contributed by atoms with Crippen molar-refractivity contribution >= 4 is 33.2 Å². The minimum atomic E-state index is -2.77. The standard InChI is InChI=1S/C25H23ClF2N4O3S/c1-31-8-5-21(33)32(25(31)34)13-16-11-20-23(36-16)17(4-7-30-20)18-9-14(26)10-19(24(27)28)22(18)35-15-3-2-6-29-12-15/h4-5,7-11,15,24,29H,2-3,6,12-13H2,1H3/t15-/m0/s1. The van der Waals surface area contributed by atoms with Gasteiger partial charge in [-0.2, -0.15) is 0 Å². The average Bonchev–Trinajstić information content (AvgIpc) is 3.28. The normalized spacial score (nSPS) is 16.1. The Morgan fingerprint density at radius 3 is 2.83 bits per heavy atom. The van der Waals surface area contributed by atoms with Crippen molar-refractivity contribution in [2.45, 2.75) is 31.9 Å². The molecule has 188 valence electrons. The highest BCUT2D eigenvalue weighted by Gasteiger charge is 2.25. The minimum absolute atomic E-state index is 0.0712. The fourth-order valence-electron chi connectivity index (χ4n) is 4.39. The fourth-order valence-corrected chi connectivity index (χ4v) is 5.75. The van der Waals surface area contributed by atoms with E-state index < -0.39 is 17.7 Å². The number of aromatic nitrogens is 3. The molecule has 1 atom stereocenters. The van der Waals surface area contributed by atoms with Gasteiger partial charge in [-0.25, -0.2) is 13.6 Å². The van der Waals surface area contributed by atoms with Gasteiger partial charge >= 0.3 is 5.69 Å². The summed E-state index contributed by atoms with van der Waals surface area (Å²) in [5.41, 5.74) is 0.629. The number of fused-ring (bicyclic) bond motifs is 1. The zero-order valence-electron chi connectivity index (χ0n) is 19.3. The Morgan fingerprint density at radius 2 is 2.08 bits per heavy atom. The molecule has 4 aromatic rings. The maximum Gasteiger partial charge on any atom is 0.331 e. The molecule has 5 rings (SSSR count). The number of rotatable bonds is 6. The van der Waals surface area contributed by atoms with E-state index in [1.54, 1.807) is 31.4 Å².